The smallest absolute Gasteiger partial charge is 0.123 e. The summed E-state index contributed by atoms with van der Waals surface area (Å²) in [4.78, 5) is 6.17. The van der Waals surface area contributed by atoms with Crippen molar-refractivity contribution in [2.24, 2.45) is 11.7 Å². The number of thiazole rings is 1. The highest BCUT2D eigenvalue weighted by atomic mass is 35.5. The lowest BCUT2D eigenvalue weighted by Gasteiger charge is -2.18. The molecular formula is C14H15ClN2S. The number of hydrogen-bond acceptors (Lipinski definition) is 3. The normalized spacial score (nSPS) is 18.7. The molecule has 0 saturated carbocycles. The second-order valence-corrected chi connectivity index (χ2v) is 6.26. The van der Waals surface area contributed by atoms with E-state index in [1.54, 1.807) is 11.3 Å². The van der Waals surface area contributed by atoms with Gasteiger partial charge in [0, 0.05) is 15.5 Å². The zero-order valence-corrected chi connectivity index (χ0v) is 11.6. The first-order valence-electron chi connectivity index (χ1n) is 6.21. The van der Waals surface area contributed by atoms with Crippen LogP contribution in [-0.2, 0) is 12.8 Å². The molecule has 4 heteroatoms. The summed E-state index contributed by atoms with van der Waals surface area (Å²) in [7, 11) is 0. The van der Waals surface area contributed by atoms with Crippen LogP contribution in [0.25, 0.3) is 10.6 Å². The summed E-state index contributed by atoms with van der Waals surface area (Å²) in [5.74, 6) is 0.635. The van der Waals surface area contributed by atoms with Crippen molar-refractivity contribution in [1.29, 1.82) is 0 Å². The van der Waals surface area contributed by atoms with E-state index in [1.807, 2.05) is 24.3 Å². The molecule has 1 aliphatic rings. The standard InChI is InChI=1S/C14H15ClN2S/c15-11-4-2-10(3-5-11)14-17-12-6-1-9(8-16)7-13(12)18-14/h2-5,9H,1,6-8,16H2. The maximum atomic E-state index is 5.91. The molecule has 2 nitrogen and oxygen atoms in total. The minimum absolute atomic E-state index is 0.635. The minimum Gasteiger partial charge on any atom is -0.330 e. The van der Waals surface area contributed by atoms with Gasteiger partial charge in [-0.1, -0.05) is 23.7 Å². The SMILES string of the molecule is NCC1CCc2nc(-c3ccc(Cl)cc3)sc2C1. The molecule has 1 aliphatic carbocycles. The second kappa shape index (κ2) is 5.00. The van der Waals surface area contributed by atoms with Crippen LogP contribution in [0.4, 0.5) is 0 Å². The summed E-state index contributed by atoms with van der Waals surface area (Å²) in [5.41, 5.74) is 8.19. The van der Waals surface area contributed by atoms with E-state index in [9.17, 15) is 0 Å². The van der Waals surface area contributed by atoms with Gasteiger partial charge in [-0.2, -0.15) is 0 Å². The van der Waals surface area contributed by atoms with E-state index in [1.165, 1.54) is 17.0 Å². The molecule has 1 unspecified atom stereocenters. The van der Waals surface area contributed by atoms with Crippen LogP contribution in [0.3, 0.4) is 0 Å². The molecule has 0 saturated heterocycles. The van der Waals surface area contributed by atoms with E-state index in [2.05, 4.69) is 0 Å². The van der Waals surface area contributed by atoms with Crippen molar-refractivity contribution in [3.63, 3.8) is 0 Å². The van der Waals surface area contributed by atoms with Crippen LogP contribution >= 0.6 is 22.9 Å². The van der Waals surface area contributed by atoms with E-state index >= 15 is 0 Å². The van der Waals surface area contributed by atoms with Crippen LogP contribution in [0, 0.1) is 5.92 Å². The first-order valence-corrected chi connectivity index (χ1v) is 7.40. The number of aromatic nitrogens is 1. The molecule has 0 fully saturated rings. The van der Waals surface area contributed by atoms with Crippen molar-refractivity contribution in [1.82, 2.24) is 4.98 Å². The highest BCUT2D eigenvalue weighted by molar-refractivity contribution is 7.15. The average molecular weight is 279 g/mol. The molecule has 0 spiro atoms. The molecule has 3 rings (SSSR count). The van der Waals surface area contributed by atoms with E-state index in [0.717, 1.165) is 35.0 Å². The molecule has 1 heterocycles. The number of aryl methyl sites for hydroxylation is 1. The van der Waals surface area contributed by atoms with Gasteiger partial charge in [0.15, 0.2) is 0 Å². The van der Waals surface area contributed by atoms with Gasteiger partial charge >= 0.3 is 0 Å². The van der Waals surface area contributed by atoms with Gasteiger partial charge in [-0.15, -0.1) is 11.3 Å². The van der Waals surface area contributed by atoms with Crippen LogP contribution in [0.1, 0.15) is 17.0 Å². The Morgan fingerprint density at radius 3 is 2.83 bits per heavy atom. The maximum Gasteiger partial charge on any atom is 0.123 e. The fourth-order valence-electron chi connectivity index (χ4n) is 2.36. The fraction of sp³-hybridized carbons (Fsp3) is 0.357. The molecule has 2 N–H and O–H groups in total. The van der Waals surface area contributed by atoms with Crippen LogP contribution in [0.5, 0.6) is 0 Å². The number of fused-ring (bicyclic) bond motifs is 1. The third kappa shape index (κ3) is 2.30. The lowest BCUT2D eigenvalue weighted by molar-refractivity contribution is 0.470. The van der Waals surface area contributed by atoms with E-state index in [0.29, 0.717) is 5.92 Å². The third-order valence-corrected chi connectivity index (χ3v) is 4.89. The Bertz CT molecular complexity index is 547. The van der Waals surface area contributed by atoms with Crippen molar-refractivity contribution < 1.29 is 0 Å². The molecule has 1 aromatic carbocycles. The summed E-state index contributed by atoms with van der Waals surface area (Å²) in [6.07, 6.45) is 3.34. The Labute approximate surface area is 116 Å². The Balaban J connectivity index is 1.91. The number of nitrogens with two attached hydrogens (primary N) is 1. The van der Waals surface area contributed by atoms with Crippen LogP contribution in [-0.4, -0.2) is 11.5 Å². The zero-order chi connectivity index (χ0) is 12.5. The predicted molar refractivity (Wildman–Crippen MR) is 77.1 cm³/mol. The van der Waals surface area contributed by atoms with Gasteiger partial charge in [-0.05, 0) is 43.9 Å². The zero-order valence-electron chi connectivity index (χ0n) is 10.0. The summed E-state index contributed by atoms with van der Waals surface area (Å²) < 4.78 is 0. The monoisotopic (exact) mass is 278 g/mol. The lowest BCUT2D eigenvalue weighted by Crippen LogP contribution is -2.21. The number of nitrogens with zero attached hydrogens (tertiary/aromatic N) is 1. The van der Waals surface area contributed by atoms with Gasteiger partial charge in [0.05, 0.1) is 5.69 Å². The Morgan fingerprint density at radius 2 is 2.11 bits per heavy atom. The number of hydrogen-bond donors (Lipinski definition) is 1. The van der Waals surface area contributed by atoms with Gasteiger partial charge in [0.25, 0.3) is 0 Å². The Hall–Kier alpha value is -0.900. The quantitative estimate of drug-likeness (QED) is 0.913. The number of halogens is 1. The van der Waals surface area contributed by atoms with Gasteiger partial charge in [-0.3, -0.25) is 0 Å². The first-order chi connectivity index (χ1) is 8.76. The summed E-state index contributed by atoms with van der Waals surface area (Å²) in [5, 5.41) is 1.87. The van der Waals surface area contributed by atoms with Crippen molar-refractivity contribution >= 4 is 22.9 Å². The lowest BCUT2D eigenvalue weighted by atomic mass is 9.91. The topological polar surface area (TPSA) is 38.9 Å². The van der Waals surface area contributed by atoms with Crippen LogP contribution < -0.4 is 5.73 Å². The molecule has 0 radical (unpaired) electrons. The van der Waals surface area contributed by atoms with Gasteiger partial charge in [0.2, 0.25) is 0 Å². The molecule has 0 bridgehead atoms. The summed E-state index contributed by atoms with van der Waals surface area (Å²) >= 11 is 7.71. The number of rotatable bonds is 2. The van der Waals surface area contributed by atoms with E-state index in [-0.39, 0.29) is 0 Å². The second-order valence-electron chi connectivity index (χ2n) is 4.74. The highest BCUT2D eigenvalue weighted by Crippen LogP contribution is 2.34. The molecule has 2 aromatic rings. The van der Waals surface area contributed by atoms with Crippen molar-refractivity contribution in [2.75, 3.05) is 6.54 Å². The van der Waals surface area contributed by atoms with Gasteiger partial charge < -0.3 is 5.73 Å². The van der Waals surface area contributed by atoms with E-state index < -0.39 is 0 Å². The predicted octanol–water partition coefficient (Wildman–Crippen LogP) is 3.53. The molecule has 94 valence electrons. The largest absolute Gasteiger partial charge is 0.330 e. The van der Waals surface area contributed by atoms with Crippen LogP contribution in [0.2, 0.25) is 5.02 Å². The summed E-state index contributed by atoms with van der Waals surface area (Å²) in [6.45, 7) is 0.785. The minimum atomic E-state index is 0.635. The maximum absolute atomic E-state index is 5.91. The van der Waals surface area contributed by atoms with Gasteiger partial charge in [0.1, 0.15) is 5.01 Å². The number of benzene rings is 1. The molecule has 0 amide bonds. The highest BCUT2D eigenvalue weighted by Gasteiger charge is 2.21. The Kier molecular flexibility index (Phi) is 3.37. The van der Waals surface area contributed by atoms with Crippen molar-refractivity contribution in [3.05, 3.63) is 39.9 Å². The average Bonchev–Trinajstić information content (AvgIpc) is 2.82. The molecule has 1 aromatic heterocycles. The van der Waals surface area contributed by atoms with Crippen LogP contribution in [0.15, 0.2) is 24.3 Å². The van der Waals surface area contributed by atoms with Crippen molar-refractivity contribution in [3.8, 4) is 10.6 Å². The Morgan fingerprint density at radius 1 is 1.33 bits per heavy atom. The van der Waals surface area contributed by atoms with Gasteiger partial charge in [-0.25, -0.2) is 4.98 Å². The molecule has 18 heavy (non-hydrogen) atoms. The third-order valence-electron chi connectivity index (χ3n) is 3.47. The fourth-order valence-corrected chi connectivity index (χ4v) is 3.71. The molecule has 1 atom stereocenters. The molecular weight excluding hydrogens is 264 g/mol. The summed E-state index contributed by atoms with van der Waals surface area (Å²) in [6, 6.07) is 7.90. The first kappa shape index (κ1) is 12.2. The van der Waals surface area contributed by atoms with E-state index in [4.69, 9.17) is 22.3 Å². The molecule has 0 aliphatic heterocycles. The van der Waals surface area contributed by atoms with Crippen molar-refractivity contribution in [2.45, 2.75) is 19.3 Å².